The van der Waals surface area contributed by atoms with Crippen molar-refractivity contribution in [2.45, 2.75) is 19.4 Å². The average molecular weight is 348 g/mol. The van der Waals surface area contributed by atoms with Gasteiger partial charge in [-0.25, -0.2) is 0 Å². The van der Waals surface area contributed by atoms with Crippen molar-refractivity contribution in [2.75, 3.05) is 18.5 Å². The van der Waals surface area contributed by atoms with E-state index in [4.69, 9.17) is 9.47 Å². The maximum Gasteiger partial charge on any atom is 0.123 e. The van der Waals surface area contributed by atoms with Crippen LogP contribution in [0.3, 0.4) is 0 Å². The molecule has 1 heterocycles. The molecule has 1 aliphatic rings. The number of ether oxygens (including phenoxy) is 2. The first-order valence-corrected chi connectivity index (χ1v) is 7.95. The molecule has 1 unspecified atom stereocenters. The first-order chi connectivity index (χ1) is 10.2. The molecule has 4 heteroatoms. The number of fused-ring (bicyclic) bond motifs is 1. The smallest absolute Gasteiger partial charge is 0.123 e. The minimum absolute atomic E-state index is 0.181. The van der Waals surface area contributed by atoms with Crippen LogP contribution in [0.1, 0.15) is 12.5 Å². The van der Waals surface area contributed by atoms with Gasteiger partial charge in [-0.1, -0.05) is 15.9 Å². The summed E-state index contributed by atoms with van der Waals surface area (Å²) in [5.74, 6) is 1.90. The van der Waals surface area contributed by atoms with Gasteiger partial charge in [0, 0.05) is 16.6 Å². The van der Waals surface area contributed by atoms with Crippen molar-refractivity contribution in [3.63, 3.8) is 0 Å². The van der Waals surface area contributed by atoms with E-state index in [9.17, 15) is 0 Å². The maximum atomic E-state index is 5.94. The van der Waals surface area contributed by atoms with Gasteiger partial charge in [-0.2, -0.15) is 0 Å². The average Bonchev–Trinajstić information content (AvgIpc) is 2.89. The Morgan fingerprint density at radius 2 is 2.05 bits per heavy atom. The van der Waals surface area contributed by atoms with Crippen LogP contribution < -0.4 is 14.8 Å². The van der Waals surface area contributed by atoms with Crippen LogP contribution in [-0.2, 0) is 6.42 Å². The molecule has 1 atom stereocenters. The highest BCUT2D eigenvalue weighted by Crippen LogP contribution is 2.31. The Hall–Kier alpha value is -1.68. The third-order valence-corrected chi connectivity index (χ3v) is 3.96. The van der Waals surface area contributed by atoms with E-state index in [1.54, 1.807) is 0 Å². The van der Waals surface area contributed by atoms with Gasteiger partial charge in [0.15, 0.2) is 0 Å². The van der Waals surface area contributed by atoms with Gasteiger partial charge in [-0.15, -0.1) is 0 Å². The molecule has 0 fully saturated rings. The van der Waals surface area contributed by atoms with Gasteiger partial charge in [0.2, 0.25) is 0 Å². The van der Waals surface area contributed by atoms with Crippen LogP contribution in [0.2, 0.25) is 0 Å². The minimum Gasteiger partial charge on any atom is -0.494 e. The van der Waals surface area contributed by atoms with Crippen molar-refractivity contribution in [3.05, 3.63) is 52.5 Å². The third-order valence-electron chi connectivity index (χ3n) is 3.46. The fourth-order valence-electron chi connectivity index (χ4n) is 2.47. The van der Waals surface area contributed by atoms with Crippen LogP contribution in [0.25, 0.3) is 0 Å². The second kappa shape index (κ2) is 6.39. The van der Waals surface area contributed by atoms with Crippen molar-refractivity contribution in [1.29, 1.82) is 0 Å². The van der Waals surface area contributed by atoms with E-state index >= 15 is 0 Å². The molecular formula is C17H18BrNO2. The van der Waals surface area contributed by atoms with Crippen LogP contribution >= 0.6 is 15.9 Å². The molecule has 3 rings (SSSR count). The highest BCUT2D eigenvalue weighted by atomic mass is 79.9. The van der Waals surface area contributed by atoms with E-state index in [0.717, 1.165) is 34.6 Å². The van der Waals surface area contributed by atoms with Crippen LogP contribution in [0.5, 0.6) is 11.5 Å². The lowest BCUT2D eigenvalue weighted by atomic mass is 10.1. The molecule has 0 amide bonds. The maximum absolute atomic E-state index is 5.94. The molecule has 3 nitrogen and oxygen atoms in total. The lowest BCUT2D eigenvalue weighted by Crippen LogP contribution is -2.23. The van der Waals surface area contributed by atoms with Crippen molar-refractivity contribution >= 4 is 21.6 Å². The molecule has 110 valence electrons. The Labute approximate surface area is 133 Å². The summed E-state index contributed by atoms with van der Waals surface area (Å²) in [6.45, 7) is 3.47. The van der Waals surface area contributed by atoms with Crippen LogP contribution in [0.4, 0.5) is 5.69 Å². The van der Waals surface area contributed by atoms with E-state index in [-0.39, 0.29) is 6.10 Å². The zero-order valence-corrected chi connectivity index (χ0v) is 13.5. The molecule has 1 aliphatic heterocycles. The molecule has 0 bridgehead atoms. The molecular weight excluding hydrogens is 330 g/mol. The second-order valence-corrected chi connectivity index (χ2v) is 5.95. The zero-order chi connectivity index (χ0) is 14.7. The monoisotopic (exact) mass is 347 g/mol. The summed E-state index contributed by atoms with van der Waals surface area (Å²) < 4.78 is 12.5. The van der Waals surface area contributed by atoms with Gasteiger partial charge >= 0.3 is 0 Å². The number of halogens is 1. The van der Waals surface area contributed by atoms with Crippen molar-refractivity contribution in [1.82, 2.24) is 0 Å². The number of nitrogens with one attached hydrogen (secondary N) is 1. The minimum atomic E-state index is 0.181. The first kappa shape index (κ1) is 14.3. The molecule has 2 aromatic carbocycles. The lowest BCUT2D eigenvalue weighted by Gasteiger charge is -2.13. The number of anilines is 1. The highest BCUT2D eigenvalue weighted by molar-refractivity contribution is 9.10. The lowest BCUT2D eigenvalue weighted by molar-refractivity contribution is 0.246. The molecule has 0 saturated carbocycles. The summed E-state index contributed by atoms with van der Waals surface area (Å²) in [6, 6.07) is 14.2. The van der Waals surface area contributed by atoms with Gasteiger partial charge in [-0.3, -0.25) is 0 Å². The van der Waals surface area contributed by atoms with E-state index in [2.05, 4.69) is 27.3 Å². The third kappa shape index (κ3) is 3.50. The van der Waals surface area contributed by atoms with Crippen LogP contribution in [0, 0.1) is 0 Å². The summed E-state index contributed by atoms with van der Waals surface area (Å²) in [5.41, 5.74) is 2.35. The molecule has 0 spiro atoms. The molecule has 0 aliphatic carbocycles. The van der Waals surface area contributed by atoms with E-state index in [1.165, 1.54) is 5.56 Å². The molecule has 0 saturated heterocycles. The topological polar surface area (TPSA) is 30.5 Å². The number of hydrogen-bond acceptors (Lipinski definition) is 3. The predicted molar refractivity (Wildman–Crippen MR) is 88.4 cm³/mol. The Kier molecular flexibility index (Phi) is 4.34. The van der Waals surface area contributed by atoms with Crippen LogP contribution in [0.15, 0.2) is 46.9 Å². The molecule has 2 aromatic rings. The predicted octanol–water partition coefficient (Wildman–Crippen LogP) is 4.26. The fraction of sp³-hybridized carbons (Fsp3) is 0.294. The summed E-state index contributed by atoms with van der Waals surface area (Å²) in [4.78, 5) is 0. The van der Waals surface area contributed by atoms with Gasteiger partial charge in [-0.05, 0) is 55.0 Å². The Bertz CT molecular complexity index is 613. The summed E-state index contributed by atoms with van der Waals surface area (Å²) in [6.07, 6.45) is 1.12. The molecule has 0 radical (unpaired) electrons. The first-order valence-electron chi connectivity index (χ1n) is 7.16. The van der Waals surface area contributed by atoms with E-state index < -0.39 is 0 Å². The highest BCUT2D eigenvalue weighted by Gasteiger charge is 2.22. The molecule has 21 heavy (non-hydrogen) atoms. The quantitative estimate of drug-likeness (QED) is 0.876. The number of hydrogen-bond donors (Lipinski definition) is 1. The Morgan fingerprint density at radius 1 is 1.24 bits per heavy atom. The zero-order valence-electron chi connectivity index (χ0n) is 11.9. The molecule has 0 aromatic heterocycles. The van der Waals surface area contributed by atoms with Crippen molar-refractivity contribution < 1.29 is 9.47 Å². The van der Waals surface area contributed by atoms with Crippen molar-refractivity contribution in [3.8, 4) is 11.5 Å². The summed E-state index contributed by atoms with van der Waals surface area (Å²) >= 11 is 3.50. The molecule has 1 N–H and O–H groups in total. The SMILES string of the molecule is CCOc1ccc(NCC2Cc3cc(Br)ccc3O2)cc1. The van der Waals surface area contributed by atoms with Crippen LogP contribution in [-0.4, -0.2) is 19.3 Å². The van der Waals surface area contributed by atoms with Gasteiger partial charge in [0.05, 0.1) is 13.2 Å². The normalized spacial score (nSPS) is 16.2. The van der Waals surface area contributed by atoms with Gasteiger partial charge in [0.1, 0.15) is 17.6 Å². The van der Waals surface area contributed by atoms with Gasteiger partial charge in [0.25, 0.3) is 0 Å². The number of rotatable bonds is 5. The Morgan fingerprint density at radius 3 is 2.81 bits per heavy atom. The summed E-state index contributed by atoms with van der Waals surface area (Å²) in [7, 11) is 0. The second-order valence-electron chi connectivity index (χ2n) is 5.03. The fourth-order valence-corrected chi connectivity index (χ4v) is 2.88. The largest absolute Gasteiger partial charge is 0.494 e. The van der Waals surface area contributed by atoms with E-state index in [0.29, 0.717) is 6.61 Å². The standard InChI is InChI=1S/C17H18BrNO2/c1-2-20-15-6-4-14(5-7-15)19-11-16-10-12-9-13(18)3-8-17(12)21-16/h3-9,16,19H,2,10-11H2,1H3. The van der Waals surface area contributed by atoms with Gasteiger partial charge < -0.3 is 14.8 Å². The summed E-state index contributed by atoms with van der Waals surface area (Å²) in [5, 5.41) is 3.41. The van der Waals surface area contributed by atoms with Crippen molar-refractivity contribution in [2.24, 2.45) is 0 Å². The number of benzene rings is 2. The Balaban J connectivity index is 1.55. The van der Waals surface area contributed by atoms with E-state index in [1.807, 2.05) is 43.3 Å².